The molecule has 8 heteroatoms. The number of hydrazone groups is 1. The van der Waals surface area contributed by atoms with Gasteiger partial charge in [-0.3, -0.25) is 4.79 Å². The van der Waals surface area contributed by atoms with Crippen LogP contribution in [0, 0.1) is 5.92 Å². The van der Waals surface area contributed by atoms with Crippen LogP contribution in [0.25, 0.3) is 0 Å². The minimum Gasteiger partial charge on any atom is -0.490 e. The van der Waals surface area contributed by atoms with Crippen molar-refractivity contribution in [3.8, 4) is 5.75 Å². The van der Waals surface area contributed by atoms with Crippen LogP contribution in [-0.2, 0) is 4.79 Å². The van der Waals surface area contributed by atoms with E-state index < -0.39 is 6.09 Å². The maximum Gasteiger partial charge on any atom is 0.407 e. The first kappa shape index (κ1) is 19.9. The summed E-state index contributed by atoms with van der Waals surface area (Å²) in [5.74, 6) is 1.19. The number of carboxylic acid groups (broad SMARTS) is 1. The van der Waals surface area contributed by atoms with Gasteiger partial charge in [-0.15, -0.1) is 0 Å². The Morgan fingerprint density at radius 1 is 1.13 bits per heavy atom. The lowest BCUT2D eigenvalue weighted by Gasteiger charge is -2.30. The number of carbonyl (C=O) groups excluding carboxylic acids is 1. The van der Waals surface area contributed by atoms with Crippen LogP contribution in [-0.4, -0.2) is 51.9 Å². The van der Waals surface area contributed by atoms with E-state index in [9.17, 15) is 9.59 Å². The molecule has 1 fully saturated rings. The number of amides is 2. The summed E-state index contributed by atoms with van der Waals surface area (Å²) in [4.78, 5) is 29.1. The van der Waals surface area contributed by atoms with Crippen LogP contribution < -0.4 is 9.75 Å². The molecule has 1 unspecified atom stereocenters. The molecule has 1 N–H and O–H groups in total. The second-order valence-corrected chi connectivity index (χ2v) is 7.60. The fourth-order valence-corrected chi connectivity index (χ4v) is 3.77. The molecular formula is C22H24N4O4. The summed E-state index contributed by atoms with van der Waals surface area (Å²) in [6.07, 6.45) is 2.50. The quantitative estimate of drug-likeness (QED) is 0.837. The van der Waals surface area contributed by atoms with Crippen molar-refractivity contribution >= 4 is 23.5 Å². The average Bonchev–Trinajstić information content (AvgIpc) is 2.76. The van der Waals surface area contributed by atoms with Gasteiger partial charge in [0, 0.05) is 44.5 Å². The Labute approximate surface area is 174 Å². The molecule has 0 spiro atoms. The molecule has 8 nitrogen and oxygen atoms in total. The summed E-state index contributed by atoms with van der Waals surface area (Å²) in [6.45, 7) is 2.97. The zero-order chi connectivity index (χ0) is 21.1. The van der Waals surface area contributed by atoms with Crippen LogP contribution in [0.5, 0.6) is 5.75 Å². The Balaban J connectivity index is 1.46. The molecule has 3 heterocycles. The number of likely N-dealkylation sites (tertiary alicyclic amines) is 1. The molecule has 0 bridgehead atoms. The predicted octanol–water partition coefficient (Wildman–Crippen LogP) is 3.38. The van der Waals surface area contributed by atoms with Crippen LogP contribution >= 0.6 is 0 Å². The molecule has 0 radical (unpaired) electrons. The number of rotatable bonds is 4. The van der Waals surface area contributed by atoms with Crippen LogP contribution in [0.4, 0.5) is 10.6 Å². The first-order chi connectivity index (χ1) is 14.5. The molecule has 0 aliphatic carbocycles. The number of piperidine rings is 1. The second-order valence-electron chi connectivity index (χ2n) is 7.60. The molecule has 4 rings (SSSR count). The lowest BCUT2D eigenvalue weighted by Crippen LogP contribution is -2.41. The molecule has 2 aliphatic heterocycles. The highest BCUT2D eigenvalue weighted by molar-refractivity contribution is 6.09. The largest absolute Gasteiger partial charge is 0.490 e. The number of hydrogen-bond donors (Lipinski definition) is 1. The Bertz CT molecular complexity index is 937. The van der Waals surface area contributed by atoms with Gasteiger partial charge >= 0.3 is 6.09 Å². The summed E-state index contributed by atoms with van der Waals surface area (Å²) in [5.41, 5.74) is 1.77. The lowest BCUT2D eigenvalue weighted by atomic mass is 9.93. The van der Waals surface area contributed by atoms with Gasteiger partial charge in [0.25, 0.3) is 0 Å². The van der Waals surface area contributed by atoms with Crippen molar-refractivity contribution in [2.75, 3.05) is 18.1 Å². The summed E-state index contributed by atoms with van der Waals surface area (Å²) < 4.78 is 6.03. The number of aromatic nitrogens is 1. The zero-order valence-electron chi connectivity index (χ0n) is 16.8. The molecule has 0 saturated carbocycles. The fraction of sp³-hybridized carbons (Fsp3) is 0.364. The molecule has 1 aromatic carbocycles. The third-order valence-corrected chi connectivity index (χ3v) is 5.42. The number of ether oxygens (including phenoxy) is 1. The van der Waals surface area contributed by atoms with Crippen molar-refractivity contribution < 1.29 is 19.4 Å². The van der Waals surface area contributed by atoms with Crippen molar-refractivity contribution in [1.29, 1.82) is 0 Å². The fourth-order valence-electron chi connectivity index (χ4n) is 3.77. The maximum absolute atomic E-state index is 12.4. The topological polar surface area (TPSA) is 95.3 Å². The van der Waals surface area contributed by atoms with Crippen molar-refractivity contribution in [2.24, 2.45) is 11.0 Å². The van der Waals surface area contributed by atoms with Gasteiger partial charge in [0.15, 0.2) is 5.82 Å². The predicted molar refractivity (Wildman–Crippen MR) is 112 cm³/mol. The molecule has 2 amide bonds. The number of hydrogen-bond acceptors (Lipinski definition) is 5. The summed E-state index contributed by atoms with van der Waals surface area (Å²) in [7, 11) is 0. The van der Waals surface area contributed by atoms with E-state index in [-0.39, 0.29) is 17.9 Å². The molecular weight excluding hydrogens is 384 g/mol. The molecule has 1 aromatic heterocycles. The van der Waals surface area contributed by atoms with E-state index in [0.29, 0.717) is 38.2 Å². The molecule has 1 atom stereocenters. The highest BCUT2D eigenvalue weighted by Crippen LogP contribution is 2.26. The molecule has 2 aliphatic rings. The first-order valence-corrected chi connectivity index (χ1v) is 10.1. The summed E-state index contributed by atoms with van der Waals surface area (Å²) >= 11 is 0. The van der Waals surface area contributed by atoms with E-state index in [1.54, 1.807) is 18.3 Å². The van der Waals surface area contributed by atoms with Gasteiger partial charge in [0.2, 0.25) is 5.91 Å². The van der Waals surface area contributed by atoms with Crippen molar-refractivity contribution in [3.05, 3.63) is 54.2 Å². The van der Waals surface area contributed by atoms with Gasteiger partial charge in [-0.1, -0.05) is 13.0 Å². The standard InChI is InChI=1S/C22H24N4O4/c1-15-14-20(27)26(19-4-2-3-11-23-19)24-21(15)16-5-7-17(8-6-16)30-18-9-12-25(13-10-18)22(28)29/h2-8,11,15,18H,9-10,12-14H2,1H3,(H,28,29). The van der Waals surface area contributed by atoms with Crippen LogP contribution in [0.1, 0.15) is 31.7 Å². The zero-order valence-corrected chi connectivity index (χ0v) is 16.8. The van der Waals surface area contributed by atoms with Crippen LogP contribution in [0.15, 0.2) is 53.8 Å². The van der Waals surface area contributed by atoms with Gasteiger partial charge in [-0.25, -0.2) is 9.78 Å². The van der Waals surface area contributed by atoms with Gasteiger partial charge in [0.1, 0.15) is 11.9 Å². The number of anilines is 1. The van der Waals surface area contributed by atoms with E-state index in [1.165, 1.54) is 9.91 Å². The van der Waals surface area contributed by atoms with E-state index in [0.717, 1.165) is 17.0 Å². The normalized spacial score (nSPS) is 20.1. The maximum atomic E-state index is 12.4. The SMILES string of the molecule is CC1CC(=O)N(c2ccccn2)N=C1c1ccc(OC2CCN(C(=O)O)CC2)cc1. The van der Waals surface area contributed by atoms with Gasteiger partial charge in [-0.2, -0.15) is 10.1 Å². The van der Waals surface area contributed by atoms with E-state index in [2.05, 4.69) is 10.1 Å². The summed E-state index contributed by atoms with van der Waals surface area (Å²) in [6, 6.07) is 13.1. The second kappa shape index (κ2) is 8.52. The molecule has 30 heavy (non-hydrogen) atoms. The average molecular weight is 408 g/mol. The number of carbonyl (C=O) groups is 2. The third-order valence-electron chi connectivity index (χ3n) is 5.42. The Kier molecular flexibility index (Phi) is 5.65. The highest BCUT2D eigenvalue weighted by Gasteiger charge is 2.29. The molecule has 1 saturated heterocycles. The van der Waals surface area contributed by atoms with Crippen LogP contribution in [0.3, 0.4) is 0 Å². The summed E-state index contributed by atoms with van der Waals surface area (Å²) in [5, 5.41) is 15.0. The number of benzene rings is 1. The van der Waals surface area contributed by atoms with Gasteiger partial charge in [-0.05, 0) is 42.0 Å². The van der Waals surface area contributed by atoms with Crippen LogP contribution in [0.2, 0.25) is 0 Å². The smallest absolute Gasteiger partial charge is 0.407 e. The molecule has 2 aromatic rings. The third kappa shape index (κ3) is 4.27. The lowest BCUT2D eigenvalue weighted by molar-refractivity contribution is -0.119. The Morgan fingerprint density at radius 3 is 2.50 bits per heavy atom. The highest BCUT2D eigenvalue weighted by atomic mass is 16.5. The monoisotopic (exact) mass is 408 g/mol. The van der Waals surface area contributed by atoms with Crippen molar-refractivity contribution in [3.63, 3.8) is 0 Å². The van der Waals surface area contributed by atoms with Gasteiger partial charge < -0.3 is 14.7 Å². The minimum absolute atomic E-state index is 0.00424. The van der Waals surface area contributed by atoms with E-state index in [4.69, 9.17) is 9.84 Å². The minimum atomic E-state index is -0.876. The number of pyridine rings is 1. The van der Waals surface area contributed by atoms with Gasteiger partial charge in [0.05, 0.1) is 5.71 Å². The Morgan fingerprint density at radius 2 is 1.87 bits per heavy atom. The van der Waals surface area contributed by atoms with Crippen molar-refractivity contribution in [1.82, 2.24) is 9.88 Å². The van der Waals surface area contributed by atoms with E-state index >= 15 is 0 Å². The van der Waals surface area contributed by atoms with Crippen molar-refractivity contribution in [2.45, 2.75) is 32.3 Å². The van der Waals surface area contributed by atoms with E-state index in [1.807, 2.05) is 37.3 Å². The molecule has 156 valence electrons. The first-order valence-electron chi connectivity index (χ1n) is 10.1. The number of nitrogens with zero attached hydrogens (tertiary/aromatic N) is 4. The Hall–Kier alpha value is -3.42.